The zero-order valence-electron chi connectivity index (χ0n) is 24.1. The summed E-state index contributed by atoms with van der Waals surface area (Å²) >= 11 is 0. The van der Waals surface area contributed by atoms with Crippen molar-refractivity contribution in [2.24, 2.45) is 5.14 Å². The molecule has 42 heavy (non-hydrogen) atoms. The number of sulfonamides is 1. The van der Waals surface area contributed by atoms with Crippen molar-refractivity contribution in [2.45, 2.75) is 76.0 Å². The van der Waals surface area contributed by atoms with E-state index in [9.17, 15) is 13.2 Å². The predicted molar refractivity (Wildman–Crippen MR) is 162 cm³/mol. The van der Waals surface area contributed by atoms with Crippen LogP contribution in [0, 0.1) is 0 Å². The second kappa shape index (κ2) is 13.0. The monoisotopic (exact) mass is 587 g/mol. The van der Waals surface area contributed by atoms with Crippen molar-refractivity contribution in [3.05, 3.63) is 93.9 Å². The highest BCUT2D eigenvalue weighted by atomic mass is 32.2. The highest BCUT2D eigenvalue weighted by Crippen LogP contribution is 2.34. The van der Waals surface area contributed by atoms with E-state index in [-0.39, 0.29) is 16.4 Å². The van der Waals surface area contributed by atoms with Gasteiger partial charge in [-0.25, -0.2) is 33.1 Å². The number of hydrogen-bond acceptors (Lipinski definition) is 7. The Labute approximate surface area is 246 Å². The standard InChI is InChI=1S/C32H37N5O4S/c1-3-5-13-28-27(19-22-15-17-23(18-16-22)26-12-8-9-14-29(26)42(33,39)40)31(38)37(30(36-28)24-10-6-7-11-24)32-34-20-25(21-35-32)41-4-2/h8-9,12,14-18,20-21,24H,3-7,10-11,13,19H2,1-2H3,(H2,33,39,40). The summed E-state index contributed by atoms with van der Waals surface area (Å²) in [6.45, 7) is 4.53. The van der Waals surface area contributed by atoms with Gasteiger partial charge in [-0.1, -0.05) is 68.7 Å². The summed E-state index contributed by atoms with van der Waals surface area (Å²) in [4.78, 5) is 28.6. The summed E-state index contributed by atoms with van der Waals surface area (Å²) in [7, 11) is -3.88. The number of primary sulfonamides is 1. The van der Waals surface area contributed by atoms with E-state index in [1.54, 1.807) is 35.2 Å². The van der Waals surface area contributed by atoms with Crippen LogP contribution in [0.25, 0.3) is 17.1 Å². The summed E-state index contributed by atoms with van der Waals surface area (Å²) in [5, 5.41) is 5.45. The Balaban J connectivity index is 1.58. The molecule has 10 heteroatoms. The van der Waals surface area contributed by atoms with Crippen molar-refractivity contribution in [3.63, 3.8) is 0 Å². The Morgan fingerprint density at radius 3 is 2.33 bits per heavy atom. The average molecular weight is 588 g/mol. The van der Waals surface area contributed by atoms with Gasteiger partial charge in [0.1, 0.15) is 5.82 Å². The lowest BCUT2D eigenvalue weighted by atomic mass is 9.98. The number of aryl methyl sites for hydroxylation is 1. The topological polar surface area (TPSA) is 130 Å². The van der Waals surface area contributed by atoms with E-state index in [1.807, 2.05) is 31.2 Å². The molecule has 1 aliphatic carbocycles. The third-order valence-corrected chi connectivity index (χ3v) is 8.71. The second-order valence-electron chi connectivity index (χ2n) is 10.7. The zero-order chi connectivity index (χ0) is 29.7. The van der Waals surface area contributed by atoms with Crippen LogP contribution in [0.5, 0.6) is 5.75 Å². The van der Waals surface area contributed by atoms with Gasteiger partial charge in [0.15, 0.2) is 5.75 Å². The molecule has 0 unspecified atom stereocenters. The van der Waals surface area contributed by atoms with Crippen LogP contribution in [0.2, 0.25) is 0 Å². The minimum Gasteiger partial charge on any atom is -0.491 e. The van der Waals surface area contributed by atoms with Gasteiger partial charge in [-0.2, -0.15) is 0 Å². The van der Waals surface area contributed by atoms with Crippen molar-refractivity contribution in [3.8, 4) is 22.8 Å². The van der Waals surface area contributed by atoms with Crippen LogP contribution in [0.1, 0.15) is 80.9 Å². The summed E-state index contributed by atoms with van der Waals surface area (Å²) in [5.74, 6) is 1.77. The third kappa shape index (κ3) is 6.44. The van der Waals surface area contributed by atoms with Crippen LogP contribution < -0.4 is 15.4 Å². The van der Waals surface area contributed by atoms with Crippen LogP contribution >= 0.6 is 0 Å². The highest BCUT2D eigenvalue weighted by Gasteiger charge is 2.27. The smallest absolute Gasteiger partial charge is 0.264 e. The van der Waals surface area contributed by atoms with Crippen molar-refractivity contribution in [2.75, 3.05) is 6.61 Å². The number of unbranched alkanes of at least 4 members (excludes halogenated alkanes) is 1. The molecule has 4 aromatic rings. The molecular weight excluding hydrogens is 550 g/mol. The summed E-state index contributed by atoms with van der Waals surface area (Å²) < 4.78 is 31.4. The van der Waals surface area contributed by atoms with E-state index in [4.69, 9.17) is 14.9 Å². The summed E-state index contributed by atoms with van der Waals surface area (Å²) in [6, 6.07) is 14.2. The molecule has 0 bridgehead atoms. The first kappa shape index (κ1) is 29.6. The van der Waals surface area contributed by atoms with Crippen LogP contribution in [0.3, 0.4) is 0 Å². The molecule has 0 saturated heterocycles. The fourth-order valence-electron chi connectivity index (χ4n) is 5.62. The lowest BCUT2D eigenvalue weighted by molar-refractivity contribution is 0.337. The molecule has 0 aliphatic heterocycles. The van der Waals surface area contributed by atoms with Gasteiger partial charge < -0.3 is 4.74 Å². The molecule has 0 spiro atoms. The quantitative estimate of drug-likeness (QED) is 0.251. The number of aromatic nitrogens is 4. The van der Waals surface area contributed by atoms with Crippen molar-refractivity contribution < 1.29 is 13.2 Å². The number of hydrogen-bond donors (Lipinski definition) is 1. The van der Waals surface area contributed by atoms with Gasteiger partial charge in [0.05, 0.1) is 29.6 Å². The number of benzene rings is 2. The number of nitrogens with zero attached hydrogens (tertiary/aromatic N) is 4. The molecule has 1 fully saturated rings. The third-order valence-electron chi connectivity index (χ3n) is 7.74. The van der Waals surface area contributed by atoms with Crippen LogP contribution in [0.15, 0.2) is 70.6 Å². The molecule has 2 N–H and O–H groups in total. The fourth-order valence-corrected chi connectivity index (χ4v) is 6.38. The highest BCUT2D eigenvalue weighted by molar-refractivity contribution is 7.89. The Hall–Kier alpha value is -3.89. The maximum absolute atomic E-state index is 14.3. The molecule has 1 aliphatic rings. The SMILES string of the molecule is CCCCc1nc(C2CCCC2)n(-c2ncc(OCC)cn2)c(=O)c1Cc1ccc(-c2ccccc2S(N)(=O)=O)cc1. The Bertz CT molecular complexity index is 1690. The molecule has 0 atom stereocenters. The Morgan fingerprint density at radius 2 is 1.69 bits per heavy atom. The van der Waals surface area contributed by atoms with Gasteiger partial charge in [-0.05, 0) is 49.8 Å². The molecular formula is C32H37N5O4S. The maximum Gasteiger partial charge on any atom is 0.264 e. The van der Waals surface area contributed by atoms with Crippen molar-refractivity contribution >= 4 is 10.0 Å². The van der Waals surface area contributed by atoms with Crippen LogP contribution in [0.4, 0.5) is 0 Å². The molecule has 5 rings (SSSR count). The Morgan fingerprint density at radius 1 is 1.00 bits per heavy atom. The summed E-state index contributed by atoms with van der Waals surface area (Å²) in [5.41, 5.74) is 3.48. The van der Waals surface area contributed by atoms with Crippen LogP contribution in [-0.4, -0.2) is 34.5 Å². The van der Waals surface area contributed by atoms with Gasteiger partial charge in [0.2, 0.25) is 16.0 Å². The molecule has 9 nitrogen and oxygen atoms in total. The largest absolute Gasteiger partial charge is 0.491 e. The van der Waals surface area contributed by atoms with E-state index in [0.717, 1.165) is 61.2 Å². The van der Waals surface area contributed by atoms with Crippen LogP contribution in [-0.2, 0) is 22.9 Å². The van der Waals surface area contributed by atoms with E-state index in [0.29, 0.717) is 42.3 Å². The molecule has 2 heterocycles. The van der Waals surface area contributed by atoms with Gasteiger partial charge >= 0.3 is 0 Å². The molecule has 2 aromatic heterocycles. The zero-order valence-corrected chi connectivity index (χ0v) is 24.9. The first-order valence-corrected chi connectivity index (χ1v) is 16.2. The minimum atomic E-state index is -3.88. The molecule has 1 saturated carbocycles. The first-order valence-electron chi connectivity index (χ1n) is 14.6. The first-order chi connectivity index (χ1) is 20.3. The van der Waals surface area contributed by atoms with E-state index >= 15 is 0 Å². The van der Waals surface area contributed by atoms with E-state index in [2.05, 4.69) is 16.9 Å². The van der Waals surface area contributed by atoms with Gasteiger partial charge in [0, 0.05) is 23.5 Å². The predicted octanol–water partition coefficient (Wildman–Crippen LogP) is 5.33. The number of nitrogens with two attached hydrogens (primary N) is 1. The molecule has 2 aromatic carbocycles. The Kier molecular flexibility index (Phi) is 9.13. The normalized spacial score (nSPS) is 13.9. The molecule has 0 radical (unpaired) electrons. The number of rotatable bonds is 11. The van der Waals surface area contributed by atoms with Crippen molar-refractivity contribution in [1.82, 2.24) is 19.5 Å². The van der Waals surface area contributed by atoms with E-state index in [1.165, 1.54) is 6.07 Å². The van der Waals surface area contributed by atoms with Gasteiger partial charge in [0.25, 0.3) is 5.56 Å². The second-order valence-corrected chi connectivity index (χ2v) is 12.2. The average Bonchev–Trinajstić information content (AvgIpc) is 3.53. The van der Waals surface area contributed by atoms with E-state index < -0.39 is 10.0 Å². The molecule has 0 amide bonds. The maximum atomic E-state index is 14.3. The lowest BCUT2D eigenvalue weighted by Crippen LogP contribution is -2.31. The molecule has 220 valence electrons. The lowest BCUT2D eigenvalue weighted by Gasteiger charge is -2.20. The summed E-state index contributed by atoms with van der Waals surface area (Å²) in [6.07, 6.45) is 10.4. The minimum absolute atomic E-state index is 0.0737. The van der Waals surface area contributed by atoms with Gasteiger partial charge in [-0.3, -0.25) is 4.79 Å². The number of ether oxygens (including phenoxy) is 1. The van der Waals surface area contributed by atoms with Gasteiger partial charge in [-0.15, -0.1) is 0 Å². The fraction of sp³-hybridized carbons (Fsp3) is 0.375. The van der Waals surface area contributed by atoms with Crippen molar-refractivity contribution in [1.29, 1.82) is 0 Å².